The summed E-state index contributed by atoms with van der Waals surface area (Å²) in [6.07, 6.45) is 5.18. The van der Waals surface area contributed by atoms with Gasteiger partial charge >= 0.3 is 0 Å². The van der Waals surface area contributed by atoms with Crippen LogP contribution >= 0.6 is 0 Å². The number of rotatable bonds is 0. The lowest BCUT2D eigenvalue weighted by Crippen LogP contribution is -2.64. The molecule has 1 aromatic rings. The molecular formula is C17H19NO3. The van der Waals surface area contributed by atoms with Gasteiger partial charge < -0.3 is 19.8 Å². The molecule has 0 amide bonds. The number of phenolic OH excluding ortho intramolecular Hbond substituents is 1. The van der Waals surface area contributed by atoms with E-state index in [4.69, 9.17) is 4.74 Å². The van der Waals surface area contributed by atoms with Crippen LogP contribution in [-0.4, -0.2) is 47.0 Å². The molecule has 2 aliphatic heterocycles. The van der Waals surface area contributed by atoms with Crippen LogP contribution in [0.25, 0.3) is 0 Å². The minimum Gasteiger partial charge on any atom is -0.504 e. The maximum absolute atomic E-state index is 10.4. The molecule has 4 nitrogen and oxygen atoms in total. The Kier molecular flexibility index (Phi) is 2.08. The molecule has 4 aliphatic rings. The van der Waals surface area contributed by atoms with Gasteiger partial charge in [-0.3, -0.25) is 0 Å². The normalized spacial score (nSPS) is 42.6. The van der Waals surface area contributed by atoms with Crippen LogP contribution in [0.2, 0.25) is 0 Å². The van der Waals surface area contributed by atoms with Crippen molar-refractivity contribution in [3.8, 4) is 11.5 Å². The summed E-state index contributed by atoms with van der Waals surface area (Å²) in [4.78, 5) is 2.43. The van der Waals surface area contributed by atoms with Gasteiger partial charge in [0, 0.05) is 22.9 Å². The van der Waals surface area contributed by atoms with Crippen LogP contribution in [-0.2, 0) is 11.8 Å². The SMILES string of the molecule is CN1CCC23c4c5ccc(O)c4OC2C(O)C=C[C@H]3[C@H]1C5. The van der Waals surface area contributed by atoms with Gasteiger partial charge in [0.05, 0.1) is 0 Å². The molecule has 0 aromatic heterocycles. The number of aliphatic hydroxyl groups excluding tert-OH is 1. The van der Waals surface area contributed by atoms with Gasteiger partial charge in [0.15, 0.2) is 11.5 Å². The molecular weight excluding hydrogens is 266 g/mol. The number of likely N-dealkylation sites (N-methyl/N-ethyl adjacent to an activating group) is 1. The summed E-state index contributed by atoms with van der Waals surface area (Å²) < 4.78 is 6.09. The fraction of sp³-hybridized carbons (Fsp3) is 0.529. The van der Waals surface area contributed by atoms with Crippen molar-refractivity contribution in [2.24, 2.45) is 5.92 Å². The predicted molar refractivity (Wildman–Crippen MR) is 77.6 cm³/mol. The van der Waals surface area contributed by atoms with Crippen LogP contribution in [0.4, 0.5) is 0 Å². The maximum atomic E-state index is 10.4. The molecule has 3 unspecified atom stereocenters. The molecule has 1 spiro atoms. The second kappa shape index (κ2) is 3.62. The second-order valence-corrected chi connectivity index (χ2v) is 6.93. The molecule has 2 aliphatic carbocycles. The monoisotopic (exact) mass is 285 g/mol. The van der Waals surface area contributed by atoms with Crippen molar-refractivity contribution in [2.45, 2.75) is 36.5 Å². The topological polar surface area (TPSA) is 52.9 Å². The van der Waals surface area contributed by atoms with Gasteiger partial charge in [-0.1, -0.05) is 18.2 Å². The molecule has 0 radical (unpaired) electrons. The lowest BCUT2D eigenvalue weighted by molar-refractivity contribution is -0.0453. The number of nitrogens with zero attached hydrogens (tertiary/aromatic N) is 1. The van der Waals surface area contributed by atoms with E-state index in [2.05, 4.69) is 18.0 Å². The van der Waals surface area contributed by atoms with Crippen molar-refractivity contribution in [3.05, 3.63) is 35.4 Å². The average molecular weight is 285 g/mol. The molecule has 2 N–H and O–H groups in total. The Morgan fingerprint density at radius 3 is 3.05 bits per heavy atom. The predicted octanol–water partition coefficient (Wildman–Crippen LogP) is 1.20. The summed E-state index contributed by atoms with van der Waals surface area (Å²) in [5.41, 5.74) is 2.29. The van der Waals surface area contributed by atoms with Gasteiger partial charge in [0.1, 0.15) is 12.2 Å². The minimum absolute atomic E-state index is 0.160. The van der Waals surface area contributed by atoms with Crippen molar-refractivity contribution < 1.29 is 14.9 Å². The number of hydrogen-bond donors (Lipinski definition) is 2. The lowest BCUT2D eigenvalue weighted by atomic mass is 9.53. The van der Waals surface area contributed by atoms with Crippen molar-refractivity contribution >= 4 is 0 Å². The second-order valence-electron chi connectivity index (χ2n) is 6.93. The number of benzene rings is 1. The Hall–Kier alpha value is -1.52. The zero-order valence-electron chi connectivity index (χ0n) is 12.0. The zero-order chi connectivity index (χ0) is 14.4. The third-order valence-electron chi connectivity index (χ3n) is 6.15. The number of ether oxygens (including phenoxy) is 1. The van der Waals surface area contributed by atoms with Gasteiger partial charge in [-0.05, 0) is 38.1 Å². The maximum Gasteiger partial charge on any atom is 0.165 e. The van der Waals surface area contributed by atoms with Crippen LogP contribution in [0, 0.1) is 5.92 Å². The standard InChI is InChI=1S/C17H19NO3/c1-18-7-6-17-10-3-5-13(20)16(17)21-15-12(19)4-2-9(14(15)17)8-11(10)18/h2-5,10-11,13,16,19-20H,6-8H2,1H3/t10-,11+,13?,16?,17?/m0/s1. The Labute approximate surface area is 123 Å². The summed E-state index contributed by atoms with van der Waals surface area (Å²) in [5, 5.41) is 20.6. The first-order valence-electron chi connectivity index (χ1n) is 7.71. The van der Waals surface area contributed by atoms with E-state index in [-0.39, 0.29) is 17.3 Å². The molecule has 2 bridgehead atoms. The summed E-state index contributed by atoms with van der Waals surface area (Å²) in [6, 6.07) is 4.23. The van der Waals surface area contributed by atoms with E-state index in [1.807, 2.05) is 12.1 Å². The third kappa shape index (κ3) is 1.21. The van der Waals surface area contributed by atoms with E-state index in [1.165, 1.54) is 11.1 Å². The van der Waals surface area contributed by atoms with Crippen molar-refractivity contribution in [1.29, 1.82) is 0 Å². The Balaban J connectivity index is 1.84. The summed E-state index contributed by atoms with van der Waals surface area (Å²) in [6.45, 7) is 1.01. The minimum atomic E-state index is -0.594. The number of piperidine rings is 1. The van der Waals surface area contributed by atoms with Gasteiger partial charge in [0.2, 0.25) is 0 Å². The molecule has 1 fully saturated rings. The third-order valence-corrected chi connectivity index (χ3v) is 6.15. The molecule has 2 heterocycles. The van der Waals surface area contributed by atoms with Gasteiger partial charge in [-0.15, -0.1) is 0 Å². The smallest absolute Gasteiger partial charge is 0.165 e. The molecule has 5 rings (SSSR count). The Morgan fingerprint density at radius 1 is 1.33 bits per heavy atom. The fourth-order valence-corrected chi connectivity index (χ4v) is 5.24. The number of phenols is 1. The molecule has 4 heteroatoms. The Morgan fingerprint density at radius 2 is 2.19 bits per heavy atom. The number of aromatic hydroxyl groups is 1. The van der Waals surface area contributed by atoms with E-state index in [0.717, 1.165) is 19.4 Å². The first-order valence-corrected chi connectivity index (χ1v) is 7.71. The number of hydrogen-bond acceptors (Lipinski definition) is 4. The van der Waals surface area contributed by atoms with E-state index in [9.17, 15) is 10.2 Å². The molecule has 1 aromatic carbocycles. The van der Waals surface area contributed by atoms with E-state index in [0.29, 0.717) is 17.7 Å². The summed E-state index contributed by atoms with van der Waals surface area (Å²) >= 11 is 0. The van der Waals surface area contributed by atoms with Crippen LogP contribution in [0.15, 0.2) is 24.3 Å². The summed E-state index contributed by atoms with van der Waals surface area (Å²) in [7, 11) is 2.19. The first kappa shape index (κ1) is 12.1. The largest absolute Gasteiger partial charge is 0.504 e. The quantitative estimate of drug-likeness (QED) is 0.703. The fourth-order valence-electron chi connectivity index (χ4n) is 5.24. The van der Waals surface area contributed by atoms with Crippen molar-refractivity contribution in [1.82, 2.24) is 4.90 Å². The highest BCUT2D eigenvalue weighted by molar-refractivity contribution is 5.61. The van der Waals surface area contributed by atoms with Crippen molar-refractivity contribution in [2.75, 3.05) is 13.6 Å². The molecule has 21 heavy (non-hydrogen) atoms. The zero-order valence-corrected chi connectivity index (χ0v) is 12.0. The molecule has 1 saturated heterocycles. The highest BCUT2D eigenvalue weighted by Crippen LogP contribution is 2.62. The highest BCUT2D eigenvalue weighted by atomic mass is 16.5. The first-order chi connectivity index (χ1) is 10.1. The Bertz CT molecular complexity index is 670. The van der Waals surface area contributed by atoms with E-state index < -0.39 is 6.10 Å². The van der Waals surface area contributed by atoms with Gasteiger partial charge in [-0.25, -0.2) is 0 Å². The summed E-state index contributed by atoms with van der Waals surface area (Å²) in [5.74, 6) is 1.19. The van der Waals surface area contributed by atoms with Crippen LogP contribution in [0.3, 0.4) is 0 Å². The van der Waals surface area contributed by atoms with E-state index in [1.54, 1.807) is 6.07 Å². The molecule has 0 saturated carbocycles. The highest BCUT2D eigenvalue weighted by Gasteiger charge is 2.64. The number of likely N-dealkylation sites (tertiary alicyclic amines) is 1. The van der Waals surface area contributed by atoms with Crippen LogP contribution in [0.5, 0.6) is 11.5 Å². The van der Waals surface area contributed by atoms with Crippen LogP contribution < -0.4 is 4.74 Å². The van der Waals surface area contributed by atoms with E-state index >= 15 is 0 Å². The number of aliphatic hydroxyl groups is 1. The van der Waals surface area contributed by atoms with Gasteiger partial charge in [0.25, 0.3) is 0 Å². The van der Waals surface area contributed by atoms with Crippen LogP contribution in [0.1, 0.15) is 17.5 Å². The molecule has 110 valence electrons. The average Bonchev–Trinajstić information content (AvgIpc) is 2.83. The van der Waals surface area contributed by atoms with Crippen molar-refractivity contribution in [3.63, 3.8) is 0 Å². The lowest BCUT2D eigenvalue weighted by Gasteiger charge is -2.56. The van der Waals surface area contributed by atoms with Gasteiger partial charge in [-0.2, -0.15) is 0 Å². The molecule has 5 atom stereocenters.